The fraction of sp³-hybridized carbons (Fsp3) is 0.938. The minimum absolute atomic E-state index is 0.322. The topological polar surface area (TPSA) is 45.0 Å². The molecule has 0 aliphatic heterocycles. The molecule has 1 rings (SSSR count). The minimum atomic E-state index is -0.468. The second-order valence-electron chi connectivity index (χ2n) is 6.35. The van der Waals surface area contributed by atoms with E-state index in [-0.39, 0.29) is 0 Å². The Morgan fingerprint density at radius 3 is 2.63 bits per heavy atom. The van der Waals surface area contributed by atoms with Gasteiger partial charge >= 0.3 is 0 Å². The Labute approximate surface area is 118 Å². The van der Waals surface area contributed by atoms with Crippen LogP contribution in [0.2, 0.25) is 0 Å². The molecule has 0 bridgehead atoms. The number of nitrogens with one attached hydrogen (secondary N) is 1. The van der Waals surface area contributed by atoms with Crippen molar-refractivity contribution in [1.82, 2.24) is 5.32 Å². The smallest absolute Gasteiger partial charge is 0.106 e. The molecule has 1 saturated carbocycles. The molecule has 3 unspecified atom stereocenters. The summed E-state index contributed by atoms with van der Waals surface area (Å²) in [6.45, 7) is 9.06. The molecule has 0 heterocycles. The third-order valence-electron chi connectivity index (χ3n) is 4.15. The van der Waals surface area contributed by atoms with Gasteiger partial charge in [-0.15, -0.1) is 0 Å². The van der Waals surface area contributed by atoms with Crippen LogP contribution >= 0.6 is 0 Å². The first-order valence-electron chi connectivity index (χ1n) is 7.81. The van der Waals surface area contributed by atoms with Crippen molar-refractivity contribution in [3.63, 3.8) is 0 Å². The SMILES string of the molecule is CCC1CCCCC1OCCC(C)(C#N)NC(C)C. The summed E-state index contributed by atoms with van der Waals surface area (Å²) in [4.78, 5) is 0. The summed E-state index contributed by atoms with van der Waals surface area (Å²) in [5.41, 5.74) is -0.468. The van der Waals surface area contributed by atoms with Crippen LogP contribution in [-0.2, 0) is 4.74 Å². The van der Waals surface area contributed by atoms with Gasteiger partial charge in [-0.25, -0.2) is 0 Å². The van der Waals surface area contributed by atoms with E-state index in [9.17, 15) is 5.26 Å². The fourth-order valence-corrected chi connectivity index (χ4v) is 3.07. The van der Waals surface area contributed by atoms with Gasteiger partial charge in [-0.05, 0) is 39.5 Å². The highest BCUT2D eigenvalue weighted by atomic mass is 16.5. The largest absolute Gasteiger partial charge is 0.378 e. The van der Waals surface area contributed by atoms with Crippen LogP contribution in [0.5, 0.6) is 0 Å². The molecule has 1 aliphatic rings. The van der Waals surface area contributed by atoms with Crippen molar-refractivity contribution in [3.05, 3.63) is 0 Å². The lowest BCUT2D eigenvalue weighted by Gasteiger charge is -2.32. The van der Waals surface area contributed by atoms with Gasteiger partial charge in [-0.2, -0.15) is 5.26 Å². The zero-order valence-electron chi connectivity index (χ0n) is 13.0. The molecule has 0 spiro atoms. The van der Waals surface area contributed by atoms with Crippen LogP contribution in [0.3, 0.4) is 0 Å². The van der Waals surface area contributed by atoms with E-state index in [1.54, 1.807) is 0 Å². The highest BCUT2D eigenvalue weighted by Crippen LogP contribution is 2.29. The lowest BCUT2D eigenvalue weighted by Crippen LogP contribution is -2.46. The number of nitrogens with zero attached hydrogens (tertiary/aromatic N) is 1. The first-order chi connectivity index (χ1) is 9.00. The summed E-state index contributed by atoms with van der Waals surface area (Å²) >= 11 is 0. The number of ether oxygens (including phenoxy) is 1. The van der Waals surface area contributed by atoms with E-state index in [1.807, 2.05) is 6.92 Å². The van der Waals surface area contributed by atoms with E-state index in [4.69, 9.17) is 4.74 Å². The summed E-state index contributed by atoms with van der Waals surface area (Å²) in [6, 6.07) is 2.70. The summed E-state index contributed by atoms with van der Waals surface area (Å²) in [5.74, 6) is 0.722. The van der Waals surface area contributed by atoms with Crippen molar-refractivity contribution in [2.75, 3.05) is 6.61 Å². The number of hydrogen-bond acceptors (Lipinski definition) is 3. The van der Waals surface area contributed by atoms with Gasteiger partial charge in [0.1, 0.15) is 5.54 Å². The Bertz CT molecular complexity index is 298. The summed E-state index contributed by atoms with van der Waals surface area (Å²) < 4.78 is 6.07. The van der Waals surface area contributed by atoms with Crippen LogP contribution in [0, 0.1) is 17.2 Å². The van der Waals surface area contributed by atoms with Crippen LogP contribution < -0.4 is 5.32 Å². The molecule has 1 fully saturated rings. The number of hydrogen-bond donors (Lipinski definition) is 1. The van der Waals surface area contributed by atoms with E-state index in [0.29, 0.717) is 18.8 Å². The highest BCUT2D eigenvalue weighted by molar-refractivity contribution is 5.04. The van der Waals surface area contributed by atoms with Crippen molar-refractivity contribution in [1.29, 1.82) is 5.26 Å². The monoisotopic (exact) mass is 266 g/mol. The molecule has 0 aromatic carbocycles. The lowest BCUT2D eigenvalue weighted by molar-refractivity contribution is -0.0176. The third kappa shape index (κ3) is 5.50. The average Bonchev–Trinajstić information content (AvgIpc) is 2.38. The maximum Gasteiger partial charge on any atom is 0.106 e. The summed E-state index contributed by atoms with van der Waals surface area (Å²) in [7, 11) is 0. The molecule has 1 aliphatic carbocycles. The summed E-state index contributed by atoms with van der Waals surface area (Å²) in [5, 5.41) is 12.6. The van der Waals surface area contributed by atoms with Gasteiger partial charge in [0.25, 0.3) is 0 Å². The van der Waals surface area contributed by atoms with Crippen molar-refractivity contribution >= 4 is 0 Å². The Hall–Kier alpha value is -0.590. The van der Waals surface area contributed by atoms with Crippen LogP contribution in [0.25, 0.3) is 0 Å². The zero-order valence-corrected chi connectivity index (χ0v) is 13.0. The van der Waals surface area contributed by atoms with Gasteiger partial charge in [0.05, 0.1) is 12.2 Å². The van der Waals surface area contributed by atoms with Gasteiger partial charge in [-0.3, -0.25) is 5.32 Å². The molecule has 0 aromatic heterocycles. The van der Waals surface area contributed by atoms with Crippen molar-refractivity contribution in [2.45, 2.75) is 83.9 Å². The fourth-order valence-electron chi connectivity index (χ4n) is 3.07. The van der Waals surface area contributed by atoms with Crippen LogP contribution in [0.4, 0.5) is 0 Å². The second-order valence-corrected chi connectivity index (χ2v) is 6.35. The van der Waals surface area contributed by atoms with E-state index >= 15 is 0 Å². The highest BCUT2D eigenvalue weighted by Gasteiger charge is 2.27. The van der Waals surface area contributed by atoms with Crippen LogP contribution in [-0.4, -0.2) is 24.3 Å². The van der Waals surface area contributed by atoms with Gasteiger partial charge < -0.3 is 4.74 Å². The van der Waals surface area contributed by atoms with Crippen LogP contribution in [0.15, 0.2) is 0 Å². The maximum absolute atomic E-state index is 9.30. The van der Waals surface area contributed by atoms with E-state index in [0.717, 1.165) is 12.3 Å². The van der Waals surface area contributed by atoms with Gasteiger partial charge in [0, 0.05) is 19.1 Å². The van der Waals surface area contributed by atoms with Crippen molar-refractivity contribution in [3.8, 4) is 6.07 Å². The molecule has 0 saturated heterocycles. The molecule has 19 heavy (non-hydrogen) atoms. The van der Waals surface area contributed by atoms with Gasteiger partial charge in [0.15, 0.2) is 0 Å². The minimum Gasteiger partial charge on any atom is -0.378 e. The molecule has 0 amide bonds. The second kappa shape index (κ2) is 7.87. The van der Waals surface area contributed by atoms with Gasteiger partial charge in [-0.1, -0.05) is 26.2 Å². The first-order valence-corrected chi connectivity index (χ1v) is 7.81. The van der Waals surface area contributed by atoms with E-state index in [2.05, 4.69) is 32.2 Å². The predicted molar refractivity (Wildman–Crippen MR) is 78.9 cm³/mol. The van der Waals surface area contributed by atoms with Crippen LogP contribution in [0.1, 0.15) is 66.2 Å². The molecule has 0 radical (unpaired) electrons. The molecular weight excluding hydrogens is 236 g/mol. The standard InChI is InChI=1S/C16H30N2O/c1-5-14-8-6-7-9-15(14)19-11-10-16(4,12-17)18-13(2)3/h13-15,18H,5-11H2,1-4H3. The first kappa shape index (κ1) is 16.5. The number of nitriles is 1. The Kier molecular flexibility index (Phi) is 6.82. The molecule has 3 heteroatoms. The quantitative estimate of drug-likeness (QED) is 0.765. The Morgan fingerprint density at radius 2 is 2.05 bits per heavy atom. The predicted octanol–water partition coefficient (Wildman–Crippen LogP) is 3.64. The molecule has 0 aromatic rings. The van der Waals surface area contributed by atoms with Crippen molar-refractivity contribution in [2.24, 2.45) is 5.92 Å². The maximum atomic E-state index is 9.30. The molecular formula is C16H30N2O. The molecule has 3 atom stereocenters. The normalized spacial score (nSPS) is 26.9. The van der Waals surface area contributed by atoms with Gasteiger partial charge in [0.2, 0.25) is 0 Å². The molecule has 3 nitrogen and oxygen atoms in total. The van der Waals surface area contributed by atoms with E-state index in [1.165, 1.54) is 32.1 Å². The lowest BCUT2D eigenvalue weighted by atomic mass is 9.84. The summed E-state index contributed by atoms with van der Waals surface area (Å²) in [6.07, 6.45) is 7.53. The third-order valence-corrected chi connectivity index (χ3v) is 4.15. The Morgan fingerprint density at radius 1 is 1.37 bits per heavy atom. The number of rotatable bonds is 7. The van der Waals surface area contributed by atoms with E-state index < -0.39 is 5.54 Å². The molecule has 1 N–H and O–H groups in total. The van der Waals surface area contributed by atoms with Crippen molar-refractivity contribution < 1.29 is 4.74 Å². The average molecular weight is 266 g/mol. The molecule has 110 valence electrons. The zero-order chi connectivity index (χ0) is 14.3. The Balaban J connectivity index is 2.37.